The van der Waals surface area contributed by atoms with Crippen molar-refractivity contribution in [3.8, 4) is 11.4 Å². The van der Waals surface area contributed by atoms with E-state index in [0.29, 0.717) is 13.2 Å². The van der Waals surface area contributed by atoms with Gasteiger partial charge in [-0.05, 0) is 24.8 Å². The first kappa shape index (κ1) is 18.5. The number of aliphatic hydroxyl groups excluding tert-OH is 1. The fourth-order valence-electron chi connectivity index (χ4n) is 4.01. The van der Waals surface area contributed by atoms with Crippen LogP contribution in [0.15, 0.2) is 36.5 Å². The van der Waals surface area contributed by atoms with E-state index < -0.39 is 0 Å². The molecule has 144 valence electrons. The summed E-state index contributed by atoms with van der Waals surface area (Å²) in [6.45, 7) is 4.71. The van der Waals surface area contributed by atoms with Gasteiger partial charge in [0.1, 0.15) is 5.60 Å². The van der Waals surface area contributed by atoms with Gasteiger partial charge in [-0.2, -0.15) is 0 Å². The SMILES string of the molecule is OCCOCCN1CCC2(CC1)OCCc1cnc(-c3ccccc3)nc12. The molecule has 1 fully saturated rings. The van der Waals surface area contributed by atoms with Crippen LogP contribution in [0.3, 0.4) is 0 Å². The molecule has 0 amide bonds. The maximum Gasteiger partial charge on any atom is 0.159 e. The maximum absolute atomic E-state index is 8.80. The van der Waals surface area contributed by atoms with E-state index in [2.05, 4.69) is 9.88 Å². The summed E-state index contributed by atoms with van der Waals surface area (Å²) in [5, 5.41) is 8.80. The van der Waals surface area contributed by atoms with Crippen LogP contribution in [-0.4, -0.2) is 66.0 Å². The van der Waals surface area contributed by atoms with Crippen molar-refractivity contribution >= 4 is 0 Å². The minimum atomic E-state index is -0.289. The molecule has 0 unspecified atom stereocenters. The van der Waals surface area contributed by atoms with Gasteiger partial charge in [0.05, 0.1) is 32.1 Å². The third kappa shape index (κ3) is 4.04. The number of aromatic nitrogens is 2. The van der Waals surface area contributed by atoms with E-state index in [1.807, 2.05) is 36.5 Å². The molecule has 2 aliphatic heterocycles. The summed E-state index contributed by atoms with van der Waals surface area (Å²) in [6.07, 6.45) is 4.74. The zero-order chi connectivity index (χ0) is 18.5. The second kappa shape index (κ2) is 8.44. The fraction of sp³-hybridized carbons (Fsp3) is 0.524. The molecule has 4 rings (SSSR count). The summed E-state index contributed by atoms with van der Waals surface area (Å²) in [4.78, 5) is 12.0. The summed E-state index contributed by atoms with van der Waals surface area (Å²) in [6, 6.07) is 10.1. The molecular formula is C21H27N3O3. The molecule has 2 aromatic rings. The van der Waals surface area contributed by atoms with Crippen LogP contribution in [0.2, 0.25) is 0 Å². The number of ether oxygens (including phenoxy) is 2. The molecule has 1 N–H and O–H groups in total. The van der Waals surface area contributed by atoms with Crippen LogP contribution in [0.25, 0.3) is 11.4 Å². The molecule has 1 aromatic carbocycles. The van der Waals surface area contributed by atoms with Crippen LogP contribution in [0.4, 0.5) is 0 Å². The predicted octanol–water partition coefficient (Wildman–Crippen LogP) is 2.02. The Bertz CT molecular complexity index is 746. The Kier molecular flexibility index (Phi) is 5.78. The van der Waals surface area contributed by atoms with Gasteiger partial charge in [0, 0.05) is 31.4 Å². The van der Waals surface area contributed by atoms with Crippen molar-refractivity contribution in [2.75, 3.05) is 46.1 Å². The van der Waals surface area contributed by atoms with E-state index in [1.165, 1.54) is 5.56 Å². The number of aliphatic hydroxyl groups is 1. The lowest BCUT2D eigenvalue weighted by atomic mass is 9.83. The lowest BCUT2D eigenvalue weighted by molar-refractivity contribution is -0.103. The number of benzene rings is 1. The molecule has 3 heterocycles. The number of piperidine rings is 1. The molecule has 6 nitrogen and oxygen atoms in total. The summed E-state index contributed by atoms with van der Waals surface area (Å²) >= 11 is 0. The summed E-state index contributed by atoms with van der Waals surface area (Å²) in [7, 11) is 0. The number of hydrogen-bond acceptors (Lipinski definition) is 6. The first-order chi connectivity index (χ1) is 13.3. The summed E-state index contributed by atoms with van der Waals surface area (Å²) in [5.41, 5.74) is 3.06. The van der Waals surface area contributed by atoms with Crippen molar-refractivity contribution in [3.63, 3.8) is 0 Å². The average molecular weight is 369 g/mol. The highest BCUT2D eigenvalue weighted by molar-refractivity contribution is 5.55. The van der Waals surface area contributed by atoms with E-state index in [4.69, 9.17) is 19.6 Å². The van der Waals surface area contributed by atoms with Gasteiger partial charge < -0.3 is 19.5 Å². The Morgan fingerprint density at radius 1 is 1.15 bits per heavy atom. The van der Waals surface area contributed by atoms with Crippen molar-refractivity contribution in [3.05, 3.63) is 47.8 Å². The molecule has 0 radical (unpaired) electrons. The molecule has 6 heteroatoms. The number of rotatable bonds is 6. The molecule has 0 saturated carbocycles. The van der Waals surface area contributed by atoms with E-state index in [0.717, 1.165) is 62.6 Å². The minimum absolute atomic E-state index is 0.0805. The molecule has 0 atom stereocenters. The maximum atomic E-state index is 8.80. The zero-order valence-electron chi connectivity index (χ0n) is 15.6. The van der Waals surface area contributed by atoms with Crippen LogP contribution in [0.1, 0.15) is 24.1 Å². The van der Waals surface area contributed by atoms with Gasteiger partial charge in [0.15, 0.2) is 5.82 Å². The van der Waals surface area contributed by atoms with E-state index in [-0.39, 0.29) is 12.2 Å². The quantitative estimate of drug-likeness (QED) is 0.786. The molecule has 1 saturated heterocycles. The standard InChI is InChI=1S/C21H27N3O3/c25-12-15-26-14-11-24-9-7-21(8-10-24)19-18(6-13-27-21)16-22-20(23-19)17-4-2-1-3-5-17/h1-5,16,25H,6-15H2. The molecule has 0 aliphatic carbocycles. The van der Waals surface area contributed by atoms with Crippen molar-refractivity contribution in [2.24, 2.45) is 0 Å². The highest BCUT2D eigenvalue weighted by Gasteiger charge is 2.42. The lowest BCUT2D eigenvalue weighted by Crippen LogP contribution is -2.48. The largest absolute Gasteiger partial charge is 0.394 e. The number of hydrogen-bond donors (Lipinski definition) is 1. The predicted molar refractivity (Wildman–Crippen MR) is 102 cm³/mol. The third-order valence-electron chi connectivity index (χ3n) is 5.53. The van der Waals surface area contributed by atoms with E-state index >= 15 is 0 Å². The Balaban J connectivity index is 1.50. The summed E-state index contributed by atoms with van der Waals surface area (Å²) < 4.78 is 11.7. The van der Waals surface area contributed by atoms with Gasteiger partial charge >= 0.3 is 0 Å². The van der Waals surface area contributed by atoms with Gasteiger partial charge in [0.2, 0.25) is 0 Å². The van der Waals surface area contributed by atoms with Crippen LogP contribution in [0, 0.1) is 0 Å². The van der Waals surface area contributed by atoms with Gasteiger partial charge in [-0.25, -0.2) is 9.97 Å². The minimum Gasteiger partial charge on any atom is -0.394 e. The normalized spacial score (nSPS) is 19.1. The molecule has 0 bridgehead atoms. The second-order valence-corrected chi connectivity index (χ2v) is 7.20. The van der Waals surface area contributed by atoms with Gasteiger partial charge in [-0.15, -0.1) is 0 Å². The van der Waals surface area contributed by atoms with Crippen molar-refractivity contribution in [1.82, 2.24) is 14.9 Å². The zero-order valence-corrected chi connectivity index (χ0v) is 15.6. The Morgan fingerprint density at radius 3 is 2.74 bits per heavy atom. The second-order valence-electron chi connectivity index (χ2n) is 7.20. The number of nitrogens with zero attached hydrogens (tertiary/aromatic N) is 3. The average Bonchev–Trinajstić information content (AvgIpc) is 2.73. The fourth-order valence-corrected chi connectivity index (χ4v) is 4.01. The molecular weight excluding hydrogens is 342 g/mol. The monoisotopic (exact) mass is 369 g/mol. The molecule has 1 aromatic heterocycles. The number of likely N-dealkylation sites (tertiary alicyclic amines) is 1. The van der Waals surface area contributed by atoms with Gasteiger partial charge in [-0.3, -0.25) is 0 Å². The molecule has 1 spiro atoms. The van der Waals surface area contributed by atoms with Crippen LogP contribution in [-0.2, 0) is 21.5 Å². The van der Waals surface area contributed by atoms with E-state index in [1.54, 1.807) is 0 Å². The number of fused-ring (bicyclic) bond motifs is 2. The summed E-state index contributed by atoms with van der Waals surface area (Å²) in [5.74, 6) is 0.777. The third-order valence-corrected chi connectivity index (χ3v) is 5.53. The van der Waals surface area contributed by atoms with Crippen molar-refractivity contribution < 1.29 is 14.6 Å². The van der Waals surface area contributed by atoms with Gasteiger partial charge in [0.25, 0.3) is 0 Å². The molecule has 2 aliphatic rings. The van der Waals surface area contributed by atoms with Crippen LogP contribution >= 0.6 is 0 Å². The van der Waals surface area contributed by atoms with E-state index in [9.17, 15) is 0 Å². The topological polar surface area (TPSA) is 67.7 Å². The Hall–Kier alpha value is -1.86. The first-order valence-corrected chi connectivity index (χ1v) is 9.77. The van der Waals surface area contributed by atoms with Gasteiger partial charge in [-0.1, -0.05) is 30.3 Å². The molecule has 27 heavy (non-hydrogen) atoms. The highest BCUT2D eigenvalue weighted by Crippen LogP contribution is 2.40. The van der Waals surface area contributed by atoms with Crippen LogP contribution in [0.5, 0.6) is 0 Å². The van der Waals surface area contributed by atoms with Crippen LogP contribution < -0.4 is 0 Å². The first-order valence-electron chi connectivity index (χ1n) is 9.77. The highest BCUT2D eigenvalue weighted by atomic mass is 16.5. The van der Waals surface area contributed by atoms with Crippen molar-refractivity contribution in [1.29, 1.82) is 0 Å². The van der Waals surface area contributed by atoms with Crippen molar-refractivity contribution in [2.45, 2.75) is 24.9 Å². The Labute approximate surface area is 160 Å². The Morgan fingerprint density at radius 2 is 1.96 bits per heavy atom. The lowest BCUT2D eigenvalue weighted by Gasteiger charge is -2.44. The smallest absolute Gasteiger partial charge is 0.159 e.